The SMILES string of the molecule is NCCCN1CCCC1CCCO. The van der Waals surface area contributed by atoms with Gasteiger partial charge in [-0.3, -0.25) is 0 Å². The molecule has 0 aromatic rings. The Kier molecular flexibility index (Phi) is 5.35. The highest BCUT2D eigenvalue weighted by molar-refractivity contribution is 4.78. The zero-order chi connectivity index (χ0) is 9.52. The van der Waals surface area contributed by atoms with E-state index in [4.69, 9.17) is 10.8 Å². The van der Waals surface area contributed by atoms with E-state index in [1.165, 1.54) is 19.4 Å². The predicted octanol–water partition coefficient (Wildman–Crippen LogP) is 0.572. The quantitative estimate of drug-likeness (QED) is 0.637. The van der Waals surface area contributed by atoms with Gasteiger partial charge in [0.05, 0.1) is 0 Å². The molecule has 1 unspecified atom stereocenters. The average molecular weight is 186 g/mol. The second kappa shape index (κ2) is 6.35. The number of nitrogens with zero attached hydrogens (tertiary/aromatic N) is 1. The number of hydrogen-bond donors (Lipinski definition) is 2. The van der Waals surface area contributed by atoms with E-state index >= 15 is 0 Å². The summed E-state index contributed by atoms with van der Waals surface area (Å²) >= 11 is 0. The fraction of sp³-hybridized carbons (Fsp3) is 1.00. The first-order valence-corrected chi connectivity index (χ1v) is 5.43. The molecule has 3 N–H and O–H groups in total. The monoisotopic (exact) mass is 186 g/mol. The summed E-state index contributed by atoms with van der Waals surface area (Å²) in [6.07, 6.45) is 5.84. The maximum Gasteiger partial charge on any atom is 0.0431 e. The fourth-order valence-electron chi connectivity index (χ4n) is 2.14. The summed E-state index contributed by atoms with van der Waals surface area (Å²) in [5.41, 5.74) is 5.49. The van der Waals surface area contributed by atoms with Crippen LogP contribution in [0.3, 0.4) is 0 Å². The van der Waals surface area contributed by atoms with Crippen molar-refractivity contribution in [3.8, 4) is 0 Å². The highest BCUT2D eigenvalue weighted by atomic mass is 16.2. The maximum absolute atomic E-state index is 8.75. The predicted molar refractivity (Wildman–Crippen MR) is 54.6 cm³/mol. The molecule has 0 spiro atoms. The van der Waals surface area contributed by atoms with Gasteiger partial charge in [-0.05, 0) is 51.7 Å². The van der Waals surface area contributed by atoms with E-state index in [0.717, 1.165) is 38.4 Å². The van der Waals surface area contributed by atoms with Crippen LogP contribution in [0.2, 0.25) is 0 Å². The number of likely N-dealkylation sites (tertiary alicyclic amines) is 1. The van der Waals surface area contributed by atoms with E-state index in [9.17, 15) is 0 Å². The lowest BCUT2D eigenvalue weighted by Crippen LogP contribution is -2.31. The lowest BCUT2D eigenvalue weighted by Gasteiger charge is -2.23. The van der Waals surface area contributed by atoms with Crippen LogP contribution >= 0.6 is 0 Å². The standard InChI is InChI=1S/C10H22N2O/c11-6-3-8-12-7-1-4-10(12)5-2-9-13/h10,13H,1-9,11H2. The molecule has 0 aromatic carbocycles. The van der Waals surface area contributed by atoms with Crippen LogP contribution in [0.25, 0.3) is 0 Å². The number of aliphatic hydroxyl groups excluding tert-OH is 1. The van der Waals surface area contributed by atoms with Crippen molar-refractivity contribution >= 4 is 0 Å². The fourth-order valence-corrected chi connectivity index (χ4v) is 2.14. The molecule has 0 radical (unpaired) electrons. The van der Waals surface area contributed by atoms with Gasteiger partial charge >= 0.3 is 0 Å². The van der Waals surface area contributed by atoms with E-state index in [-0.39, 0.29) is 0 Å². The van der Waals surface area contributed by atoms with Crippen molar-refractivity contribution in [3.63, 3.8) is 0 Å². The first-order chi connectivity index (χ1) is 6.38. The molecule has 1 saturated heterocycles. The number of hydrogen-bond acceptors (Lipinski definition) is 3. The first kappa shape index (κ1) is 11.0. The van der Waals surface area contributed by atoms with E-state index in [0.29, 0.717) is 6.61 Å². The van der Waals surface area contributed by atoms with Gasteiger partial charge in [-0.2, -0.15) is 0 Å². The van der Waals surface area contributed by atoms with Crippen LogP contribution in [0.5, 0.6) is 0 Å². The van der Waals surface area contributed by atoms with Gasteiger partial charge in [0.2, 0.25) is 0 Å². The third kappa shape index (κ3) is 3.63. The Morgan fingerprint density at radius 3 is 2.92 bits per heavy atom. The van der Waals surface area contributed by atoms with Crippen LogP contribution in [0, 0.1) is 0 Å². The normalized spacial score (nSPS) is 24.0. The van der Waals surface area contributed by atoms with Crippen molar-refractivity contribution < 1.29 is 5.11 Å². The lowest BCUT2D eigenvalue weighted by atomic mass is 10.1. The van der Waals surface area contributed by atoms with Gasteiger partial charge in [0.15, 0.2) is 0 Å². The molecule has 1 aliphatic rings. The molecule has 1 heterocycles. The van der Waals surface area contributed by atoms with Gasteiger partial charge in [-0.25, -0.2) is 0 Å². The molecule has 3 nitrogen and oxygen atoms in total. The molecule has 1 fully saturated rings. The summed E-state index contributed by atoms with van der Waals surface area (Å²) in [5.74, 6) is 0. The molecular formula is C10H22N2O. The van der Waals surface area contributed by atoms with Crippen LogP contribution in [0.15, 0.2) is 0 Å². The Balaban J connectivity index is 2.18. The Labute approximate surface area is 80.9 Å². The third-order valence-corrected chi connectivity index (χ3v) is 2.84. The van der Waals surface area contributed by atoms with E-state index in [1.54, 1.807) is 0 Å². The topological polar surface area (TPSA) is 49.5 Å². The van der Waals surface area contributed by atoms with Crippen LogP contribution in [-0.2, 0) is 0 Å². The van der Waals surface area contributed by atoms with E-state index < -0.39 is 0 Å². The Hall–Kier alpha value is -0.120. The van der Waals surface area contributed by atoms with Crippen molar-refractivity contribution in [2.75, 3.05) is 26.2 Å². The molecule has 78 valence electrons. The van der Waals surface area contributed by atoms with Crippen LogP contribution in [0.4, 0.5) is 0 Å². The van der Waals surface area contributed by atoms with E-state index in [1.807, 2.05) is 0 Å². The molecule has 0 saturated carbocycles. The van der Waals surface area contributed by atoms with Crippen molar-refractivity contribution in [3.05, 3.63) is 0 Å². The smallest absolute Gasteiger partial charge is 0.0431 e. The average Bonchev–Trinajstić information content (AvgIpc) is 2.59. The summed E-state index contributed by atoms with van der Waals surface area (Å²) < 4.78 is 0. The molecule has 0 amide bonds. The summed E-state index contributed by atoms with van der Waals surface area (Å²) in [7, 11) is 0. The van der Waals surface area contributed by atoms with Crippen molar-refractivity contribution in [1.82, 2.24) is 4.90 Å². The molecule has 1 aliphatic heterocycles. The van der Waals surface area contributed by atoms with Crippen molar-refractivity contribution in [2.45, 2.75) is 38.1 Å². The maximum atomic E-state index is 8.75. The summed E-state index contributed by atoms with van der Waals surface area (Å²) in [6.45, 7) is 3.51. The zero-order valence-corrected chi connectivity index (χ0v) is 8.41. The minimum atomic E-state index is 0.335. The van der Waals surface area contributed by atoms with Gasteiger partial charge in [-0.1, -0.05) is 0 Å². The van der Waals surface area contributed by atoms with Gasteiger partial charge in [-0.15, -0.1) is 0 Å². The van der Waals surface area contributed by atoms with Crippen molar-refractivity contribution in [1.29, 1.82) is 0 Å². The lowest BCUT2D eigenvalue weighted by molar-refractivity contribution is 0.215. The highest BCUT2D eigenvalue weighted by Crippen LogP contribution is 2.20. The molecule has 0 aromatic heterocycles. The third-order valence-electron chi connectivity index (χ3n) is 2.84. The molecule has 3 heteroatoms. The largest absolute Gasteiger partial charge is 0.396 e. The molecule has 13 heavy (non-hydrogen) atoms. The zero-order valence-electron chi connectivity index (χ0n) is 8.41. The summed E-state index contributed by atoms with van der Waals surface area (Å²) in [5, 5.41) is 8.75. The second-order valence-electron chi connectivity index (χ2n) is 3.84. The number of rotatable bonds is 6. The van der Waals surface area contributed by atoms with Crippen LogP contribution < -0.4 is 5.73 Å². The molecular weight excluding hydrogens is 164 g/mol. The van der Waals surface area contributed by atoms with Gasteiger partial charge in [0.25, 0.3) is 0 Å². The minimum absolute atomic E-state index is 0.335. The van der Waals surface area contributed by atoms with Crippen molar-refractivity contribution in [2.24, 2.45) is 5.73 Å². The summed E-state index contributed by atoms with van der Waals surface area (Å²) in [4.78, 5) is 2.53. The molecule has 0 aliphatic carbocycles. The molecule has 1 rings (SSSR count). The van der Waals surface area contributed by atoms with Gasteiger partial charge in [0.1, 0.15) is 0 Å². The van der Waals surface area contributed by atoms with Crippen LogP contribution in [-0.4, -0.2) is 42.3 Å². The Bertz CT molecular complexity index is 116. The molecule has 1 atom stereocenters. The van der Waals surface area contributed by atoms with Crippen LogP contribution in [0.1, 0.15) is 32.1 Å². The van der Waals surface area contributed by atoms with Gasteiger partial charge < -0.3 is 15.7 Å². The Morgan fingerprint density at radius 1 is 1.38 bits per heavy atom. The summed E-state index contributed by atoms with van der Waals surface area (Å²) in [6, 6.07) is 0.721. The highest BCUT2D eigenvalue weighted by Gasteiger charge is 2.22. The van der Waals surface area contributed by atoms with E-state index in [2.05, 4.69) is 4.90 Å². The number of aliphatic hydroxyl groups is 1. The Morgan fingerprint density at radius 2 is 2.23 bits per heavy atom. The van der Waals surface area contributed by atoms with Gasteiger partial charge in [0, 0.05) is 12.6 Å². The molecule has 0 bridgehead atoms. The second-order valence-corrected chi connectivity index (χ2v) is 3.84. The minimum Gasteiger partial charge on any atom is -0.396 e. The first-order valence-electron chi connectivity index (χ1n) is 5.43. The number of nitrogens with two attached hydrogens (primary N) is 1.